The third kappa shape index (κ3) is 1.60. The summed E-state index contributed by atoms with van der Waals surface area (Å²) in [4.78, 5) is 7.48. The Morgan fingerprint density at radius 2 is 2.11 bits per heavy atom. The molecule has 18 heavy (non-hydrogen) atoms. The summed E-state index contributed by atoms with van der Waals surface area (Å²) in [7, 11) is 0. The molecule has 1 aromatic carbocycles. The topological polar surface area (TPSA) is 56.7 Å². The predicted molar refractivity (Wildman–Crippen MR) is 68.2 cm³/mol. The summed E-state index contributed by atoms with van der Waals surface area (Å²) in [5, 5.41) is 0.895. The zero-order valence-corrected chi connectivity index (χ0v) is 9.89. The first-order valence-corrected chi connectivity index (χ1v) is 5.58. The fourth-order valence-corrected chi connectivity index (χ4v) is 2.03. The van der Waals surface area contributed by atoms with Crippen LogP contribution in [-0.4, -0.2) is 14.5 Å². The predicted octanol–water partition coefficient (Wildman–Crippen LogP) is 2.80. The van der Waals surface area contributed by atoms with Gasteiger partial charge in [-0.05, 0) is 23.7 Å². The van der Waals surface area contributed by atoms with E-state index < -0.39 is 5.82 Å². The average Bonchev–Trinajstić information content (AvgIpc) is 2.77. The van der Waals surface area contributed by atoms with Crippen molar-refractivity contribution in [3.05, 3.63) is 47.8 Å². The van der Waals surface area contributed by atoms with Crippen LogP contribution < -0.4 is 5.73 Å². The lowest BCUT2D eigenvalue weighted by atomic mass is 10.2. The zero-order chi connectivity index (χ0) is 12.7. The molecular formula is C12H8ClFN4. The second kappa shape index (κ2) is 3.96. The number of fused-ring (bicyclic) bond motifs is 1. The van der Waals surface area contributed by atoms with E-state index >= 15 is 0 Å². The van der Waals surface area contributed by atoms with Crippen LogP contribution in [0.5, 0.6) is 0 Å². The summed E-state index contributed by atoms with van der Waals surface area (Å²) in [5.74, 6) is -0.469. The molecule has 0 spiro atoms. The van der Waals surface area contributed by atoms with Crippen molar-refractivity contribution < 1.29 is 4.39 Å². The average molecular weight is 263 g/mol. The van der Waals surface area contributed by atoms with Gasteiger partial charge < -0.3 is 5.73 Å². The number of hydrogen-bond donors (Lipinski definition) is 1. The maximum atomic E-state index is 13.7. The van der Waals surface area contributed by atoms with E-state index in [1.54, 1.807) is 16.8 Å². The molecular weight excluding hydrogens is 255 g/mol. The molecule has 6 heteroatoms. The molecule has 2 aromatic heterocycles. The van der Waals surface area contributed by atoms with Crippen LogP contribution in [0.15, 0.2) is 36.7 Å². The second-order valence-corrected chi connectivity index (χ2v) is 4.12. The van der Waals surface area contributed by atoms with Gasteiger partial charge in [0.15, 0.2) is 11.6 Å². The number of benzene rings is 1. The number of nitrogens with two attached hydrogens (primary N) is 1. The third-order valence-electron chi connectivity index (χ3n) is 2.67. The number of aromatic nitrogens is 3. The highest BCUT2D eigenvalue weighted by molar-refractivity contribution is 6.28. The minimum Gasteiger partial charge on any atom is -0.397 e. The molecule has 0 bridgehead atoms. The number of nitrogen functional groups attached to an aromatic ring is 1. The standard InChI is InChI=1S/C12H8ClFN4/c13-12-16-6-8(14)11(17-12)18-5-4-7-2-1-3-9(15)10(7)18/h1-6H,15H2. The molecule has 0 aliphatic carbocycles. The second-order valence-electron chi connectivity index (χ2n) is 3.78. The van der Waals surface area contributed by atoms with Gasteiger partial charge in [-0.2, -0.15) is 4.98 Å². The molecule has 0 atom stereocenters. The number of rotatable bonds is 1. The van der Waals surface area contributed by atoms with Crippen LogP contribution in [0.25, 0.3) is 16.7 Å². The Morgan fingerprint density at radius 3 is 2.94 bits per heavy atom. The van der Waals surface area contributed by atoms with Crippen molar-refractivity contribution in [2.75, 3.05) is 5.73 Å². The molecule has 0 saturated heterocycles. The molecule has 0 unspecified atom stereocenters. The quantitative estimate of drug-likeness (QED) is 0.542. The molecule has 0 fully saturated rings. The highest BCUT2D eigenvalue weighted by Gasteiger charge is 2.12. The summed E-state index contributed by atoms with van der Waals surface area (Å²) in [6, 6.07) is 7.31. The van der Waals surface area contributed by atoms with Crippen molar-refractivity contribution in [2.24, 2.45) is 0 Å². The van der Waals surface area contributed by atoms with Crippen LogP contribution in [0.1, 0.15) is 0 Å². The molecule has 2 N–H and O–H groups in total. The highest BCUT2D eigenvalue weighted by atomic mass is 35.5. The Kier molecular flexibility index (Phi) is 2.41. The lowest BCUT2D eigenvalue weighted by Gasteiger charge is -2.07. The first kappa shape index (κ1) is 11.0. The Labute approximate surface area is 107 Å². The van der Waals surface area contributed by atoms with Gasteiger partial charge in [0.25, 0.3) is 0 Å². The SMILES string of the molecule is Nc1cccc2ccn(-c3nc(Cl)ncc3F)c12. The van der Waals surface area contributed by atoms with E-state index in [1.807, 2.05) is 18.2 Å². The van der Waals surface area contributed by atoms with Gasteiger partial charge in [0.05, 0.1) is 17.4 Å². The van der Waals surface area contributed by atoms with Crippen molar-refractivity contribution in [1.82, 2.24) is 14.5 Å². The van der Waals surface area contributed by atoms with Crippen LogP contribution in [0, 0.1) is 5.82 Å². The molecule has 0 saturated carbocycles. The van der Waals surface area contributed by atoms with Crippen LogP contribution in [-0.2, 0) is 0 Å². The van der Waals surface area contributed by atoms with Gasteiger partial charge in [-0.3, -0.25) is 4.57 Å². The van der Waals surface area contributed by atoms with Gasteiger partial charge in [-0.25, -0.2) is 9.37 Å². The lowest BCUT2D eigenvalue weighted by molar-refractivity contribution is 0.603. The van der Waals surface area contributed by atoms with Crippen LogP contribution in [0.3, 0.4) is 0 Å². The van der Waals surface area contributed by atoms with Gasteiger partial charge >= 0.3 is 0 Å². The number of para-hydroxylation sites is 1. The number of halogens is 2. The smallest absolute Gasteiger partial charge is 0.224 e. The first-order chi connectivity index (χ1) is 8.66. The van der Waals surface area contributed by atoms with Crippen LogP contribution >= 0.6 is 11.6 Å². The van der Waals surface area contributed by atoms with E-state index in [1.165, 1.54) is 0 Å². The molecule has 3 aromatic rings. The Balaban J connectivity index is 2.35. The van der Waals surface area contributed by atoms with Gasteiger partial charge in [0.2, 0.25) is 5.28 Å². The van der Waals surface area contributed by atoms with Crippen molar-refractivity contribution in [1.29, 1.82) is 0 Å². The van der Waals surface area contributed by atoms with E-state index in [0.29, 0.717) is 11.2 Å². The Hall–Kier alpha value is -2.14. The number of hydrogen-bond acceptors (Lipinski definition) is 3. The van der Waals surface area contributed by atoms with E-state index in [9.17, 15) is 4.39 Å². The molecule has 0 amide bonds. The van der Waals surface area contributed by atoms with E-state index in [2.05, 4.69) is 9.97 Å². The molecule has 0 aliphatic heterocycles. The molecule has 0 aliphatic rings. The summed E-state index contributed by atoms with van der Waals surface area (Å²) in [5.41, 5.74) is 7.16. The number of nitrogens with zero attached hydrogens (tertiary/aromatic N) is 3. The normalized spacial score (nSPS) is 11.0. The van der Waals surface area contributed by atoms with Gasteiger partial charge in [-0.15, -0.1) is 0 Å². The van der Waals surface area contributed by atoms with E-state index in [-0.39, 0.29) is 11.1 Å². The maximum Gasteiger partial charge on any atom is 0.224 e. The summed E-state index contributed by atoms with van der Waals surface area (Å²) < 4.78 is 15.3. The fraction of sp³-hybridized carbons (Fsp3) is 0. The molecule has 90 valence electrons. The number of anilines is 1. The summed E-state index contributed by atoms with van der Waals surface area (Å²) >= 11 is 5.69. The summed E-state index contributed by atoms with van der Waals surface area (Å²) in [6.45, 7) is 0. The van der Waals surface area contributed by atoms with E-state index in [0.717, 1.165) is 11.6 Å². The molecule has 0 radical (unpaired) electrons. The minimum atomic E-state index is -0.555. The van der Waals surface area contributed by atoms with Crippen LogP contribution in [0.2, 0.25) is 5.28 Å². The monoisotopic (exact) mass is 262 g/mol. The van der Waals surface area contributed by atoms with Gasteiger partial charge in [0, 0.05) is 11.6 Å². The first-order valence-electron chi connectivity index (χ1n) is 5.21. The minimum absolute atomic E-state index is 0.0113. The van der Waals surface area contributed by atoms with E-state index in [4.69, 9.17) is 17.3 Å². The van der Waals surface area contributed by atoms with Crippen LogP contribution in [0.4, 0.5) is 10.1 Å². The fourth-order valence-electron chi connectivity index (χ4n) is 1.90. The Morgan fingerprint density at radius 1 is 1.28 bits per heavy atom. The maximum absolute atomic E-state index is 13.7. The molecule has 4 nitrogen and oxygen atoms in total. The lowest BCUT2D eigenvalue weighted by Crippen LogP contribution is -2.02. The van der Waals surface area contributed by atoms with Gasteiger partial charge in [0.1, 0.15) is 0 Å². The van der Waals surface area contributed by atoms with Crippen molar-refractivity contribution in [2.45, 2.75) is 0 Å². The zero-order valence-electron chi connectivity index (χ0n) is 9.14. The highest BCUT2D eigenvalue weighted by Crippen LogP contribution is 2.25. The van der Waals surface area contributed by atoms with Crippen molar-refractivity contribution in [3.8, 4) is 5.82 Å². The largest absolute Gasteiger partial charge is 0.397 e. The molecule has 3 rings (SSSR count). The Bertz CT molecular complexity index is 738. The molecule has 2 heterocycles. The van der Waals surface area contributed by atoms with Gasteiger partial charge in [-0.1, -0.05) is 12.1 Å². The van der Waals surface area contributed by atoms with Crippen molar-refractivity contribution in [3.63, 3.8) is 0 Å². The summed E-state index contributed by atoms with van der Waals surface area (Å²) in [6.07, 6.45) is 2.73. The van der Waals surface area contributed by atoms with Crippen molar-refractivity contribution >= 4 is 28.2 Å². The third-order valence-corrected chi connectivity index (χ3v) is 2.85.